The molecule has 3 rings (SSSR count). The van der Waals surface area contributed by atoms with Crippen molar-refractivity contribution in [2.45, 2.75) is 20.4 Å². The van der Waals surface area contributed by atoms with Crippen LogP contribution in [-0.2, 0) is 6.54 Å². The number of carbonyl (C=O) groups is 2. The molecule has 2 N–H and O–H groups in total. The molecule has 3 aromatic rings. The molecular weight excluding hydrogens is 338 g/mol. The fourth-order valence-corrected chi connectivity index (χ4v) is 2.70. The van der Waals surface area contributed by atoms with Crippen LogP contribution in [0.1, 0.15) is 37.5 Å². The number of pyridine rings is 1. The Morgan fingerprint density at radius 1 is 0.926 bits per heavy atom. The Morgan fingerprint density at radius 2 is 1.74 bits per heavy atom. The summed E-state index contributed by atoms with van der Waals surface area (Å²) in [5, 5.41) is 5.68. The lowest BCUT2D eigenvalue weighted by Crippen LogP contribution is -2.24. The third kappa shape index (κ3) is 4.79. The summed E-state index contributed by atoms with van der Waals surface area (Å²) in [5.74, 6) is -0.598. The molecule has 0 saturated carbocycles. The second kappa shape index (κ2) is 8.27. The first-order chi connectivity index (χ1) is 13.0. The van der Waals surface area contributed by atoms with E-state index >= 15 is 0 Å². The van der Waals surface area contributed by atoms with E-state index in [0.717, 1.165) is 16.7 Å². The molecule has 136 valence electrons. The number of carbonyl (C=O) groups excluding carboxylic acids is 2. The normalized spacial score (nSPS) is 10.3. The molecule has 1 heterocycles. The Bertz CT molecular complexity index is 983. The van der Waals surface area contributed by atoms with Gasteiger partial charge in [0.2, 0.25) is 0 Å². The summed E-state index contributed by atoms with van der Waals surface area (Å²) < 4.78 is 0. The van der Waals surface area contributed by atoms with E-state index in [-0.39, 0.29) is 17.5 Å². The lowest BCUT2D eigenvalue weighted by Gasteiger charge is -2.09. The molecule has 2 amide bonds. The number of nitrogens with zero attached hydrogens (tertiary/aromatic N) is 1. The average molecular weight is 359 g/mol. The minimum Gasteiger partial charge on any atom is -0.347 e. The van der Waals surface area contributed by atoms with Gasteiger partial charge in [-0.2, -0.15) is 0 Å². The highest BCUT2D eigenvalue weighted by atomic mass is 16.2. The number of aromatic nitrogens is 1. The van der Waals surface area contributed by atoms with Crippen LogP contribution in [0, 0.1) is 13.8 Å². The van der Waals surface area contributed by atoms with Crippen LogP contribution in [0.25, 0.3) is 0 Å². The summed E-state index contributed by atoms with van der Waals surface area (Å²) in [6.45, 7) is 4.36. The van der Waals surface area contributed by atoms with Crippen LogP contribution in [0.2, 0.25) is 0 Å². The van der Waals surface area contributed by atoms with Crippen molar-refractivity contribution in [1.82, 2.24) is 10.3 Å². The largest absolute Gasteiger partial charge is 0.347 e. The van der Waals surface area contributed by atoms with Gasteiger partial charge in [0.1, 0.15) is 5.69 Å². The monoisotopic (exact) mass is 359 g/mol. The van der Waals surface area contributed by atoms with E-state index < -0.39 is 0 Å². The maximum Gasteiger partial charge on any atom is 0.270 e. The van der Waals surface area contributed by atoms with Gasteiger partial charge in [-0.3, -0.25) is 14.6 Å². The first-order valence-electron chi connectivity index (χ1n) is 8.70. The van der Waals surface area contributed by atoms with E-state index in [4.69, 9.17) is 0 Å². The number of benzene rings is 2. The van der Waals surface area contributed by atoms with Gasteiger partial charge in [-0.25, -0.2) is 0 Å². The van der Waals surface area contributed by atoms with E-state index in [1.807, 2.05) is 62.4 Å². The molecule has 2 aromatic carbocycles. The number of rotatable bonds is 5. The van der Waals surface area contributed by atoms with Gasteiger partial charge in [0.15, 0.2) is 0 Å². The molecule has 0 spiro atoms. The highest BCUT2D eigenvalue weighted by Gasteiger charge is 2.12. The van der Waals surface area contributed by atoms with Crippen LogP contribution in [0.4, 0.5) is 5.69 Å². The fraction of sp³-hybridized carbons (Fsp3) is 0.136. The number of hydrogen-bond donors (Lipinski definition) is 2. The van der Waals surface area contributed by atoms with Gasteiger partial charge < -0.3 is 10.6 Å². The number of hydrogen-bond acceptors (Lipinski definition) is 3. The van der Waals surface area contributed by atoms with Crippen LogP contribution in [0.5, 0.6) is 0 Å². The van der Waals surface area contributed by atoms with Crippen molar-refractivity contribution in [3.05, 3.63) is 94.8 Å². The topological polar surface area (TPSA) is 71.1 Å². The Balaban J connectivity index is 1.68. The molecule has 0 bridgehead atoms. The third-order valence-corrected chi connectivity index (χ3v) is 4.23. The molecule has 0 atom stereocenters. The van der Waals surface area contributed by atoms with Gasteiger partial charge in [0.25, 0.3) is 11.8 Å². The Morgan fingerprint density at radius 3 is 2.52 bits per heavy atom. The number of nitrogens with one attached hydrogen (secondary N) is 2. The van der Waals surface area contributed by atoms with Crippen molar-refractivity contribution in [3.8, 4) is 0 Å². The number of aryl methyl sites for hydroxylation is 2. The van der Waals surface area contributed by atoms with Crippen molar-refractivity contribution >= 4 is 17.5 Å². The minimum absolute atomic E-state index is 0.209. The molecule has 5 nitrogen and oxygen atoms in total. The lowest BCUT2D eigenvalue weighted by molar-refractivity contribution is 0.0946. The zero-order valence-electron chi connectivity index (χ0n) is 15.3. The summed E-state index contributed by atoms with van der Waals surface area (Å²) in [6, 6.07) is 18.5. The van der Waals surface area contributed by atoms with E-state index in [0.29, 0.717) is 17.8 Å². The van der Waals surface area contributed by atoms with E-state index in [1.54, 1.807) is 6.07 Å². The fourth-order valence-electron chi connectivity index (χ4n) is 2.70. The van der Waals surface area contributed by atoms with Gasteiger partial charge in [0, 0.05) is 24.0 Å². The molecule has 0 aliphatic heterocycles. The maximum atomic E-state index is 12.5. The van der Waals surface area contributed by atoms with E-state index in [2.05, 4.69) is 15.6 Å². The maximum absolute atomic E-state index is 12.5. The predicted molar refractivity (Wildman–Crippen MR) is 106 cm³/mol. The predicted octanol–water partition coefficient (Wildman–Crippen LogP) is 3.88. The van der Waals surface area contributed by atoms with Gasteiger partial charge >= 0.3 is 0 Å². The average Bonchev–Trinajstić information content (AvgIpc) is 2.67. The van der Waals surface area contributed by atoms with Crippen LogP contribution in [0.3, 0.4) is 0 Å². The number of amides is 2. The standard InChI is InChI=1S/C22H21N3O2/c1-15-6-5-9-19(12-15)25-21(26)17-10-11-23-20(13-17)22(27)24-14-18-8-4-3-7-16(18)2/h3-13H,14H2,1-2H3,(H,24,27)(H,25,26). The van der Waals surface area contributed by atoms with Gasteiger partial charge in [-0.1, -0.05) is 36.4 Å². The van der Waals surface area contributed by atoms with Crippen molar-refractivity contribution in [3.63, 3.8) is 0 Å². The van der Waals surface area contributed by atoms with Gasteiger partial charge in [0.05, 0.1) is 0 Å². The molecule has 0 saturated heterocycles. The molecule has 0 aliphatic rings. The van der Waals surface area contributed by atoms with Crippen molar-refractivity contribution in [2.24, 2.45) is 0 Å². The van der Waals surface area contributed by atoms with E-state index in [1.165, 1.54) is 12.3 Å². The summed E-state index contributed by atoms with van der Waals surface area (Å²) in [6.07, 6.45) is 1.47. The summed E-state index contributed by atoms with van der Waals surface area (Å²) >= 11 is 0. The van der Waals surface area contributed by atoms with Crippen LogP contribution in [-0.4, -0.2) is 16.8 Å². The summed E-state index contributed by atoms with van der Waals surface area (Å²) in [4.78, 5) is 28.9. The first kappa shape index (κ1) is 18.3. The van der Waals surface area contributed by atoms with E-state index in [9.17, 15) is 9.59 Å². The van der Waals surface area contributed by atoms with Gasteiger partial charge in [-0.15, -0.1) is 0 Å². The Kier molecular flexibility index (Phi) is 5.61. The second-order valence-corrected chi connectivity index (χ2v) is 6.36. The Labute approximate surface area is 158 Å². The minimum atomic E-state index is -0.316. The first-order valence-corrected chi connectivity index (χ1v) is 8.70. The molecule has 27 heavy (non-hydrogen) atoms. The van der Waals surface area contributed by atoms with Gasteiger partial charge in [-0.05, 0) is 54.8 Å². The summed E-state index contributed by atoms with van der Waals surface area (Å²) in [5.41, 5.74) is 4.51. The third-order valence-electron chi connectivity index (χ3n) is 4.23. The smallest absolute Gasteiger partial charge is 0.270 e. The molecule has 0 unspecified atom stereocenters. The van der Waals surface area contributed by atoms with Crippen LogP contribution < -0.4 is 10.6 Å². The van der Waals surface area contributed by atoms with Crippen LogP contribution in [0.15, 0.2) is 66.9 Å². The van der Waals surface area contributed by atoms with Crippen molar-refractivity contribution in [1.29, 1.82) is 0 Å². The molecule has 0 fully saturated rings. The quantitative estimate of drug-likeness (QED) is 0.726. The van der Waals surface area contributed by atoms with Crippen LogP contribution >= 0.6 is 0 Å². The number of anilines is 1. The highest BCUT2D eigenvalue weighted by Crippen LogP contribution is 2.12. The Hall–Kier alpha value is -3.47. The van der Waals surface area contributed by atoms with Crippen molar-refractivity contribution in [2.75, 3.05) is 5.32 Å². The SMILES string of the molecule is Cc1cccc(NC(=O)c2ccnc(C(=O)NCc3ccccc3C)c2)c1. The molecule has 0 radical (unpaired) electrons. The molecule has 5 heteroatoms. The zero-order valence-corrected chi connectivity index (χ0v) is 15.3. The van der Waals surface area contributed by atoms with Crippen molar-refractivity contribution < 1.29 is 9.59 Å². The highest BCUT2D eigenvalue weighted by molar-refractivity contribution is 6.05. The molecule has 1 aromatic heterocycles. The summed E-state index contributed by atoms with van der Waals surface area (Å²) in [7, 11) is 0. The molecule has 0 aliphatic carbocycles. The second-order valence-electron chi connectivity index (χ2n) is 6.36. The lowest BCUT2D eigenvalue weighted by atomic mass is 10.1. The molecular formula is C22H21N3O2. The zero-order chi connectivity index (χ0) is 19.2.